The average molecular weight is 677 g/mol. The number of fused-ring (bicyclic) bond motifs is 9. The van der Waals surface area contributed by atoms with Gasteiger partial charge in [0, 0.05) is 16.2 Å². The summed E-state index contributed by atoms with van der Waals surface area (Å²) in [5.41, 5.74) is -5.83. The molecule has 0 aliphatic carbocycles. The Balaban J connectivity index is 1.39. The van der Waals surface area contributed by atoms with E-state index in [2.05, 4.69) is 0 Å². The minimum Gasteiger partial charge on any atom is -0.455 e. The van der Waals surface area contributed by atoms with Crippen LogP contribution in [0.5, 0.6) is 0 Å². The van der Waals surface area contributed by atoms with E-state index in [0.29, 0.717) is 0 Å². The van der Waals surface area contributed by atoms with Crippen molar-refractivity contribution in [3.05, 3.63) is 181 Å². The number of furan rings is 1. The lowest BCUT2D eigenvalue weighted by Gasteiger charge is -2.18. The Labute approximate surface area is 336 Å². The first-order chi connectivity index (χ1) is 37.8. The maximum atomic E-state index is 10.0. The second kappa shape index (κ2) is 10.9. The van der Waals surface area contributed by atoms with Gasteiger partial charge in [-0.1, -0.05) is 157 Å². The van der Waals surface area contributed by atoms with Gasteiger partial charge in [0.05, 0.1) is 41.1 Å². The van der Waals surface area contributed by atoms with Gasteiger partial charge in [-0.15, -0.1) is 0 Å². The van der Waals surface area contributed by atoms with E-state index < -0.39 is 290 Å². The van der Waals surface area contributed by atoms with Gasteiger partial charge in [-0.2, -0.15) is 0 Å². The SMILES string of the molecule is [2H]c1c([2H])c(-c2c([2H])c([2H])c([2H])c3c([2H])c(-c4c5c([2H])c([2H])c([2H])c([2H])c5c(-c5c([2H])c([2H])c6c([2H])c([2H])c([2H])c([2H])c6c5[2H])c5c([2H])c([2H])c([2H])c([2H])c45)c([2H])c([2H])c23)c2c(oc3c4c([2H])c([2H])c([2H])c([2H])c4c([2H])c([2H])c32)c1[2H]. The quantitative estimate of drug-likeness (QED) is 0.170. The van der Waals surface area contributed by atoms with Gasteiger partial charge >= 0.3 is 0 Å². The van der Waals surface area contributed by atoms with Crippen molar-refractivity contribution < 1.29 is 45.5 Å². The maximum absolute atomic E-state index is 10.0. The van der Waals surface area contributed by atoms with Crippen LogP contribution in [0.25, 0.3) is 109 Å². The fourth-order valence-corrected chi connectivity index (χ4v) is 6.41. The Hall–Kier alpha value is -6.70. The van der Waals surface area contributed by atoms with E-state index in [0.717, 1.165) is 0 Å². The van der Waals surface area contributed by atoms with Crippen LogP contribution in [0.4, 0.5) is 0 Å². The third-order valence-electron chi connectivity index (χ3n) is 8.56. The van der Waals surface area contributed by atoms with E-state index in [1.54, 1.807) is 0 Å². The second-order valence-corrected chi connectivity index (χ2v) is 11.3. The van der Waals surface area contributed by atoms with Crippen LogP contribution >= 0.6 is 0 Å². The standard InChI is InChI=1S/C50H30O/c1-2-13-33-29-35(24-23-31(33)11-1)47-41-16-5-7-18-43(41)48(44-19-8-6-17-42(44)47)36-26-27-37-34(30-36)14-9-20-39(37)40-21-10-22-46-49(40)45-28-25-32-12-3-4-15-38(32)50(45)51-46/h1-30H/i1D,2D,3D,4D,5D,6D,7D,8D,9D,10D,11D,12D,13D,14D,15D,16D,17D,18D,19D,20D,21D,22D,23D,24D,25D,26D,27D,28D,29D,30D. The van der Waals surface area contributed by atoms with Gasteiger partial charge in [-0.25, -0.2) is 0 Å². The lowest BCUT2D eigenvalue weighted by molar-refractivity contribution is 0.673. The Bertz CT molecular complexity index is 4850. The van der Waals surface area contributed by atoms with Crippen molar-refractivity contribution in [3.8, 4) is 33.4 Å². The molecule has 0 aliphatic heterocycles. The van der Waals surface area contributed by atoms with Crippen molar-refractivity contribution in [2.75, 3.05) is 0 Å². The van der Waals surface area contributed by atoms with Crippen LogP contribution in [-0.4, -0.2) is 0 Å². The molecule has 1 nitrogen and oxygen atoms in total. The molecule has 0 saturated heterocycles. The first-order valence-electron chi connectivity index (χ1n) is 30.2. The molecule has 0 fully saturated rings. The summed E-state index contributed by atoms with van der Waals surface area (Å²) in [6.45, 7) is 0. The van der Waals surface area contributed by atoms with Crippen molar-refractivity contribution in [2.45, 2.75) is 0 Å². The molecule has 11 aromatic rings. The van der Waals surface area contributed by atoms with Crippen LogP contribution in [0.15, 0.2) is 186 Å². The number of hydrogen-bond acceptors (Lipinski definition) is 1. The summed E-state index contributed by atoms with van der Waals surface area (Å²) in [6.07, 6.45) is 0. The molecule has 0 N–H and O–H groups in total. The minimum atomic E-state index is -1.13. The van der Waals surface area contributed by atoms with Crippen molar-refractivity contribution in [1.29, 1.82) is 0 Å². The normalized spacial score (nSPS) is 20.2. The summed E-state index contributed by atoms with van der Waals surface area (Å²) in [5, 5.41) is -7.83. The molecule has 10 aromatic carbocycles. The zero-order valence-electron chi connectivity index (χ0n) is 55.4. The van der Waals surface area contributed by atoms with Crippen LogP contribution in [0, 0.1) is 0 Å². The predicted molar refractivity (Wildman–Crippen MR) is 218 cm³/mol. The third-order valence-corrected chi connectivity index (χ3v) is 8.56. The highest BCUT2D eigenvalue weighted by Gasteiger charge is 2.19. The summed E-state index contributed by atoms with van der Waals surface area (Å²) in [7, 11) is 0. The second-order valence-electron chi connectivity index (χ2n) is 11.3. The summed E-state index contributed by atoms with van der Waals surface area (Å²) in [6, 6.07) is -28.1. The number of benzene rings is 10. The fraction of sp³-hybridized carbons (Fsp3) is 0. The van der Waals surface area contributed by atoms with E-state index in [1.807, 2.05) is 0 Å². The van der Waals surface area contributed by atoms with E-state index in [9.17, 15) is 19.2 Å². The van der Waals surface area contributed by atoms with Crippen molar-refractivity contribution in [3.63, 3.8) is 0 Å². The highest BCUT2D eigenvalue weighted by molar-refractivity contribution is 6.23. The van der Waals surface area contributed by atoms with Crippen LogP contribution in [-0.2, 0) is 0 Å². The smallest absolute Gasteiger partial charge is 0.143 e. The zero-order chi connectivity index (χ0) is 59.6. The van der Waals surface area contributed by atoms with Gasteiger partial charge in [0.15, 0.2) is 0 Å². The molecule has 0 bridgehead atoms. The number of rotatable bonds is 3. The van der Waals surface area contributed by atoms with Gasteiger partial charge < -0.3 is 4.42 Å². The summed E-state index contributed by atoms with van der Waals surface area (Å²) in [4.78, 5) is 0. The minimum absolute atomic E-state index is 0.448. The molecular formula is C50H30O. The molecule has 0 aliphatic rings. The predicted octanol–water partition coefficient (Wildman–Crippen LogP) is 14.4. The molecule has 0 radical (unpaired) electrons. The van der Waals surface area contributed by atoms with Gasteiger partial charge in [-0.3, -0.25) is 0 Å². The molecular weight excluding hydrogens is 617 g/mol. The molecule has 51 heavy (non-hydrogen) atoms. The monoisotopic (exact) mass is 676 g/mol. The van der Waals surface area contributed by atoms with Gasteiger partial charge in [0.25, 0.3) is 0 Å². The van der Waals surface area contributed by atoms with Crippen LogP contribution in [0.1, 0.15) is 41.1 Å². The van der Waals surface area contributed by atoms with E-state index >= 15 is 0 Å². The Morgan fingerprint density at radius 1 is 0.333 bits per heavy atom. The fourth-order valence-electron chi connectivity index (χ4n) is 6.41. The van der Waals surface area contributed by atoms with Crippen molar-refractivity contribution in [2.24, 2.45) is 0 Å². The van der Waals surface area contributed by atoms with Gasteiger partial charge in [-0.05, 0) is 106 Å². The average Bonchev–Trinajstić information content (AvgIpc) is 4.07. The molecule has 1 heteroatoms. The Kier molecular flexibility index (Phi) is 2.50. The Morgan fingerprint density at radius 2 is 0.843 bits per heavy atom. The summed E-state index contributed by atoms with van der Waals surface area (Å²) in [5.74, 6) is 0. The van der Waals surface area contributed by atoms with Crippen molar-refractivity contribution in [1.82, 2.24) is 0 Å². The van der Waals surface area contributed by atoms with Crippen LogP contribution in [0.3, 0.4) is 0 Å². The van der Waals surface area contributed by atoms with Crippen LogP contribution < -0.4 is 0 Å². The first kappa shape index (κ1) is 11.7. The highest BCUT2D eigenvalue weighted by atomic mass is 16.3. The lowest BCUT2D eigenvalue weighted by Crippen LogP contribution is -1.91. The number of hydrogen-bond donors (Lipinski definition) is 0. The molecule has 0 unspecified atom stereocenters. The lowest BCUT2D eigenvalue weighted by atomic mass is 9.85. The third kappa shape index (κ3) is 4.22. The van der Waals surface area contributed by atoms with E-state index in [4.69, 9.17) is 26.3 Å². The van der Waals surface area contributed by atoms with Crippen molar-refractivity contribution >= 4 is 75.8 Å². The zero-order valence-corrected chi connectivity index (χ0v) is 25.4. The largest absolute Gasteiger partial charge is 0.455 e. The molecule has 0 amide bonds. The van der Waals surface area contributed by atoms with E-state index in [1.165, 1.54) is 0 Å². The molecule has 0 spiro atoms. The molecule has 11 rings (SSSR count). The summed E-state index contributed by atoms with van der Waals surface area (Å²) < 4.78 is 279. The first-order valence-corrected chi connectivity index (χ1v) is 15.2. The molecule has 0 atom stereocenters. The molecule has 236 valence electrons. The highest BCUT2D eigenvalue weighted by Crippen LogP contribution is 2.46. The van der Waals surface area contributed by atoms with Crippen LogP contribution in [0.2, 0.25) is 0 Å². The molecule has 0 saturated carbocycles. The maximum Gasteiger partial charge on any atom is 0.143 e. The van der Waals surface area contributed by atoms with Gasteiger partial charge in [0.1, 0.15) is 11.2 Å². The van der Waals surface area contributed by atoms with Gasteiger partial charge in [0.2, 0.25) is 0 Å². The molecule has 1 heterocycles. The topological polar surface area (TPSA) is 13.1 Å². The summed E-state index contributed by atoms with van der Waals surface area (Å²) >= 11 is 0. The Morgan fingerprint density at radius 3 is 1.57 bits per heavy atom. The van der Waals surface area contributed by atoms with E-state index in [-0.39, 0.29) is 0 Å². The molecule has 1 aromatic heterocycles.